The van der Waals surface area contributed by atoms with Gasteiger partial charge in [-0.1, -0.05) is 201 Å². The summed E-state index contributed by atoms with van der Waals surface area (Å²) in [5, 5.41) is 0. The molecule has 296 valence electrons. The van der Waals surface area contributed by atoms with E-state index in [1.807, 2.05) is 0 Å². The Morgan fingerprint density at radius 2 is 0.700 bits per heavy atom. The zero-order chi connectivity index (χ0) is 36.8. The summed E-state index contributed by atoms with van der Waals surface area (Å²) in [6.07, 6.45) is 36.5. The third-order valence-corrected chi connectivity index (χ3v) is 10.2. The molecule has 0 rings (SSSR count). The summed E-state index contributed by atoms with van der Waals surface area (Å²) in [4.78, 5) is 37.6. The summed E-state index contributed by atoms with van der Waals surface area (Å²) in [5.41, 5.74) is 0. The number of unbranched alkanes of at least 4 members (excludes halogenated alkanes) is 25. The second-order valence-electron chi connectivity index (χ2n) is 15.2. The van der Waals surface area contributed by atoms with Gasteiger partial charge in [0.25, 0.3) is 0 Å². The van der Waals surface area contributed by atoms with E-state index in [-0.39, 0.29) is 31.1 Å². The standard InChI is InChI=1S/C44H84O6/c1-5-8-10-12-14-16-18-19-21-23-29-33-37-44(47)50-41(38-48-42(45)35-31-27-22-20-17-15-13-11-9-6-2)39-49-43(46)36-32-28-25-24-26-30-34-40(4)7-3/h40-41H,5-39H2,1-4H3/t40?,41-/m1/s1. The van der Waals surface area contributed by atoms with Gasteiger partial charge in [0.15, 0.2) is 6.10 Å². The van der Waals surface area contributed by atoms with Gasteiger partial charge in [-0.05, 0) is 25.2 Å². The quantitative estimate of drug-likeness (QED) is 0.0359. The van der Waals surface area contributed by atoms with Crippen LogP contribution in [0.5, 0.6) is 0 Å². The fraction of sp³-hybridized carbons (Fsp3) is 0.932. The minimum atomic E-state index is -0.758. The van der Waals surface area contributed by atoms with Crippen LogP contribution in [-0.2, 0) is 28.6 Å². The van der Waals surface area contributed by atoms with Crippen molar-refractivity contribution in [3.63, 3.8) is 0 Å². The maximum absolute atomic E-state index is 12.7. The third kappa shape index (κ3) is 36.2. The van der Waals surface area contributed by atoms with Crippen molar-refractivity contribution in [2.45, 2.75) is 246 Å². The molecule has 0 amide bonds. The summed E-state index contributed by atoms with van der Waals surface area (Å²) in [6, 6.07) is 0. The molecule has 0 heterocycles. The van der Waals surface area contributed by atoms with E-state index in [1.165, 1.54) is 135 Å². The Morgan fingerprint density at radius 3 is 1.04 bits per heavy atom. The second kappa shape index (κ2) is 38.6. The molecule has 0 saturated heterocycles. The van der Waals surface area contributed by atoms with Crippen LogP contribution in [0.15, 0.2) is 0 Å². The first kappa shape index (κ1) is 48.4. The lowest BCUT2D eigenvalue weighted by atomic mass is 10.00. The van der Waals surface area contributed by atoms with Gasteiger partial charge in [0.2, 0.25) is 0 Å². The number of rotatable bonds is 39. The predicted octanol–water partition coefficient (Wildman–Crippen LogP) is 13.6. The van der Waals surface area contributed by atoms with Crippen molar-refractivity contribution in [1.29, 1.82) is 0 Å². The Morgan fingerprint density at radius 1 is 0.400 bits per heavy atom. The van der Waals surface area contributed by atoms with Gasteiger partial charge < -0.3 is 14.2 Å². The highest BCUT2D eigenvalue weighted by Crippen LogP contribution is 2.16. The maximum atomic E-state index is 12.7. The number of hydrogen-bond acceptors (Lipinski definition) is 6. The molecule has 0 aromatic rings. The zero-order valence-corrected chi connectivity index (χ0v) is 33.9. The smallest absolute Gasteiger partial charge is 0.306 e. The van der Waals surface area contributed by atoms with Gasteiger partial charge >= 0.3 is 17.9 Å². The molecule has 2 atom stereocenters. The fourth-order valence-electron chi connectivity index (χ4n) is 6.42. The van der Waals surface area contributed by atoms with Crippen LogP contribution in [0.2, 0.25) is 0 Å². The van der Waals surface area contributed by atoms with Crippen LogP contribution < -0.4 is 0 Å². The maximum Gasteiger partial charge on any atom is 0.306 e. The first-order valence-electron chi connectivity index (χ1n) is 21.9. The summed E-state index contributed by atoms with van der Waals surface area (Å²) in [5.74, 6) is -0.0463. The zero-order valence-electron chi connectivity index (χ0n) is 33.9. The molecule has 0 aromatic heterocycles. The van der Waals surface area contributed by atoms with Crippen molar-refractivity contribution in [2.75, 3.05) is 13.2 Å². The van der Waals surface area contributed by atoms with Crippen LogP contribution in [-0.4, -0.2) is 37.2 Å². The van der Waals surface area contributed by atoms with E-state index in [1.54, 1.807) is 0 Å². The molecule has 0 aliphatic rings. The number of carbonyl (C=O) groups is 3. The lowest BCUT2D eigenvalue weighted by Gasteiger charge is -2.18. The van der Waals surface area contributed by atoms with Gasteiger partial charge in [0.1, 0.15) is 13.2 Å². The van der Waals surface area contributed by atoms with Crippen molar-refractivity contribution in [1.82, 2.24) is 0 Å². The van der Waals surface area contributed by atoms with Crippen molar-refractivity contribution in [2.24, 2.45) is 5.92 Å². The molecule has 0 aliphatic carbocycles. The van der Waals surface area contributed by atoms with Gasteiger partial charge in [-0.3, -0.25) is 14.4 Å². The molecule has 1 unspecified atom stereocenters. The molecule has 0 spiro atoms. The Balaban J connectivity index is 4.35. The van der Waals surface area contributed by atoms with E-state index in [2.05, 4.69) is 27.7 Å². The van der Waals surface area contributed by atoms with Crippen molar-refractivity contribution < 1.29 is 28.6 Å². The summed E-state index contributed by atoms with van der Waals surface area (Å²) < 4.78 is 16.7. The molecular formula is C44H84O6. The number of hydrogen-bond donors (Lipinski definition) is 0. The van der Waals surface area contributed by atoms with Crippen molar-refractivity contribution in [3.8, 4) is 0 Å². The highest BCUT2D eigenvalue weighted by molar-refractivity contribution is 5.71. The predicted molar refractivity (Wildman–Crippen MR) is 210 cm³/mol. The van der Waals surface area contributed by atoms with Crippen LogP contribution in [0, 0.1) is 5.92 Å². The van der Waals surface area contributed by atoms with E-state index in [9.17, 15) is 14.4 Å². The van der Waals surface area contributed by atoms with Gasteiger partial charge in [0, 0.05) is 19.3 Å². The van der Waals surface area contributed by atoms with Crippen LogP contribution in [0.25, 0.3) is 0 Å². The second-order valence-corrected chi connectivity index (χ2v) is 15.2. The average Bonchev–Trinajstić information content (AvgIpc) is 3.11. The molecule has 6 heteroatoms. The van der Waals surface area contributed by atoms with Crippen LogP contribution in [0.4, 0.5) is 0 Å². The van der Waals surface area contributed by atoms with Gasteiger partial charge in [0.05, 0.1) is 0 Å². The highest BCUT2D eigenvalue weighted by atomic mass is 16.6. The number of esters is 3. The van der Waals surface area contributed by atoms with E-state index in [0.29, 0.717) is 19.3 Å². The fourth-order valence-corrected chi connectivity index (χ4v) is 6.42. The molecule has 0 N–H and O–H groups in total. The van der Waals surface area contributed by atoms with Crippen molar-refractivity contribution in [3.05, 3.63) is 0 Å². The number of ether oxygens (including phenoxy) is 3. The van der Waals surface area contributed by atoms with Crippen LogP contribution in [0.1, 0.15) is 240 Å². The molecule has 0 saturated carbocycles. The van der Waals surface area contributed by atoms with Gasteiger partial charge in [-0.25, -0.2) is 0 Å². The summed E-state index contributed by atoms with van der Waals surface area (Å²) in [6.45, 7) is 8.94. The molecule has 6 nitrogen and oxygen atoms in total. The van der Waals surface area contributed by atoms with Crippen LogP contribution >= 0.6 is 0 Å². The SMILES string of the molecule is CCCCCCCCCCCCCCC(=O)O[C@H](COC(=O)CCCCCCCCCCCC)COC(=O)CCCCCCCCC(C)CC. The molecule has 0 bridgehead atoms. The molecule has 0 fully saturated rings. The first-order chi connectivity index (χ1) is 24.4. The molecular weight excluding hydrogens is 624 g/mol. The van der Waals surface area contributed by atoms with E-state index >= 15 is 0 Å². The normalized spacial score (nSPS) is 12.5. The van der Waals surface area contributed by atoms with Gasteiger partial charge in [-0.2, -0.15) is 0 Å². The molecule has 50 heavy (non-hydrogen) atoms. The molecule has 0 radical (unpaired) electrons. The van der Waals surface area contributed by atoms with Gasteiger partial charge in [-0.15, -0.1) is 0 Å². The Kier molecular flexibility index (Phi) is 37.4. The van der Waals surface area contributed by atoms with Crippen molar-refractivity contribution >= 4 is 17.9 Å². The highest BCUT2D eigenvalue weighted by Gasteiger charge is 2.19. The summed E-state index contributed by atoms with van der Waals surface area (Å²) >= 11 is 0. The third-order valence-electron chi connectivity index (χ3n) is 10.2. The van der Waals surface area contributed by atoms with Crippen LogP contribution in [0.3, 0.4) is 0 Å². The number of carbonyl (C=O) groups excluding carboxylic acids is 3. The lowest BCUT2D eigenvalue weighted by Crippen LogP contribution is -2.30. The minimum absolute atomic E-state index is 0.0648. The molecule has 0 aliphatic heterocycles. The Hall–Kier alpha value is -1.59. The topological polar surface area (TPSA) is 78.9 Å². The summed E-state index contributed by atoms with van der Waals surface area (Å²) in [7, 11) is 0. The lowest BCUT2D eigenvalue weighted by molar-refractivity contribution is -0.167. The monoisotopic (exact) mass is 709 g/mol. The average molecular weight is 709 g/mol. The Bertz CT molecular complexity index is 753. The minimum Gasteiger partial charge on any atom is -0.462 e. The first-order valence-corrected chi connectivity index (χ1v) is 21.9. The molecule has 0 aromatic carbocycles. The van der Waals surface area contributed by atoms with E-state index in [4.69, 9.17) is 14.2 Å². The largest absolute Gasteiger partial charge is 0.462 e. The Labute approximate surface area is 310 Å². The van der Waals surface area contributed by atoms with E-state index < -0.39 is 6.10 Å². The van der Waals surface area contributed by atoms with E-state index in [0.717, 1.165) is 63.7 Å².